The van der Waals surface area contributed by atoms with Gasteiger partial charge < -0.3 is 40.6 Å². The third-order valence-electron chi connectivity index (χ3n) is 4.49. The second-order valence-electron chi connectivity index (χ2n) is 17.3. The van der Waals surface area contributed by atoms with E-state index < -0.39 is 49.4 Å². The molecule has 0 aromatic heterocycles. The maximum atomic E-state index is 4.94. The topological polar surface area (TPSA) is 70.0 Å². The first-order chi connectivity index (χ1) is 18.6. The zero-order chi connectivity index (χ0) is 33.7. The second kappa shape index (κ2) is 30.9. The van der Waals surface area contributed by atoms with E-state index in [9.17, 15) is 0 Å². The summed E-state index contributed by atoms with van der Waals surface area (Å²) in [6.07, 6.45) is 7.67. The van der Waals surface area contributed by atoms with E-state index in [0.717, 1.165) is 39.6 Å². The first-order valence-electron chi connectivity index (χ1n) is 16.6. The van der Waals surface area contributed by atoms with E-state index in [1.54, 1.807) is 0 Å². The van der Waals surface area contributed by atoms with Crippen LogP contribution in [0.2, 0.25) is 118 Å². The molecular formula is C30H78ClLiN3O3Si6Sm. The van der Waals surface area contributed by atoms with Gasteiger partial charge in [-0.1, -0.05) is 167 Å². The van der Waals surface area contributed by atoms with Crippen LogP contribution in [0.1, 0.15) is 38.5 Å². The van der Waals surface area contributed by atoms with Crippen LogP contribution in [0, 0.1) is 40.4 Å². The molecule has 0 aliphatic carbocycles. The first-order valence-corrected chi connectivity index (χ1v) is 37.3. The SMILES string of the molecule is C1CCOC1.C1CCOC1.C1CCOC1.C[Si](C)(C)[N-][Si](C)(C)C.C[Si](C)(C)[N-][Si](C)(C)C.C[Si](C)(C)[N-][Si](C)(C)C.[Cl-].[Li+].[Sm+3]. The van der Waals surface area contributed by atoms with Gasteiger partial charge in [-0.2, -0.15) is 0 Å². The van der Waals surface area contributed by atoms with E-state index in [4.69, 9.17) is 28.2 Å². The fourth-order valence-corrected chi connectivity index (χ4v) is 28.7. The molecule has 3 aliphatic rings. The standard InChI is InChI=1S/3C6H18NSi2.3C4H8O.ClH.Li.Sm/c3*1-8(2,3)7-9(4,5)6;3*1-2-4-5-3-1;;;/h3*1-6H3;3*1-4H2;1H;;/q3*-1;;;;;+1;+3/p-1. The van der Waals surface area contributed by atoms with Crippen LogP contribution < -0.4 is 31.3 Å². The van der Waals surface area contributed by atoms with Crippen LogP contribution in [0.5, 0.6) is 0 Å². The van der Waals surface area contributed by atoms with Gasteiger partial charge in [0.1, 0.15) is 0 Å². The van der Waals surface area contributed by atoms with Crippen LogP contribution in [-0.4, -0.2) is 89.1 Å². The summed E-state index contributed by atoms with van der Waals surface area (Å²) in [6.45, 7) is 47.3. The van der Waals surface area contributed by atoms with Crippen LogP contribution in [0.3, 0.4) is 0 Å². The average molecular weight is 890 g/mol. The number of nitrogens with zero attached hydrogens (tertiary/aromatic N) is 3. The molecule has 15 heteroatoms. The molecule has 0 saturated carbocycles. The molecule has 6 nitrogen and oxygen atoms in total. The van der Waals surface area contributed by atoms with Crippen LogP contribution in [0.4, 0.5) is 0 Å². The first kappa shape index (κ1) is 60.4. The smallest absolute Gasteiger partial charge is 1.00 e. The van der Waals surface area contributed by atoms with Crippen LogP contribution in [0.25, 0.3) is 13.9 Å². The Morgan fingerprint density at radius 1 is 0.311 bits per heavy atom. The van der Waals surface area contributed by atoms with Crippen molar-refractivity contribution in [3.8, 4) is 0 Å². The normalized spacial score (nSPS) is 16.4. The number of halogens is 1. The van der Waals surface area contributed by atoms with Crippen molar-refractivity contribution in [2.75, 3.05) is 39.6 Å². The van der Waals surface area contributed by atoms with Crippen molar-refractivity contribution in [3.63, 3.8) is 0 Å². The van der Waals surface area contributed by atoms with Crippen molar-refractivity contribution < 1.29 is 85.9 Å². The van der Waals surface area contributed by atoms with Crippen LogP contribution in [-0.2, 0) is 14.2 Å². The Hall–Kier alpha value is 3.29. The Bertz CT molecular complexity index is 483. The fourth-order valence-electron chi connectivity index (χ4n) is 4.55. The summed E-state index contributed by atoms with van der Waals surface area (Å²) < 4.78 is 29.3. The van der Waals surface area contributed by atoms with E-state index in [1.807, 2.05) is 0 Å². The van der Waals surface area contributed by atoms with Gasteiger partial charge in [0.05, 0.1) is 0 Å². The van der Waals surface area contributed by atoms with Gasteiger partial charge in [-0.25, -0.2) is 0 Å². The minimum absolute atomic E-state index is 0. The fraction of sp³-hybridized carbons (Fsp3) is 1.00. The number of hydrogen-bond acceptors (Lipinski definition) is 3. The minimum atomic E-state index is -1.11. The molecular weight excluding hydrogens is 812 g/mol. The van der Waals surface area contributed by atoms with Gasteiger partial charge in [-0.05, 0) is 38.5 Å². The minimum Gasteiger partial charge on any atom is -1.00 e. The van der Waals surface area contributed by atoms with Crippen molar-refractivity contribution >= 4 is 49.4 Å². The number of hydrogen-bond donors (Lipinski definition) is 0. The molecule has 0 amide bonds. The maximum absolute atomic E-state index is 4.94. The molecule has 0 aromatic carbocycles. The Labute approximate surface area is 341 Å². The van der Waals surface area contributed by atoms with E-state index >= 15 is 0 Å². The summed E-state index contributed by atoms with van der Waals surface area (Å²) in [6, 6.07) is 0. The molecule has 269 valence electrons. The molecule has 45 heavy (non-hydrogen) atoms. The van der Waals surface area contributed by atoms with E-state index in [2.05, 4.69) is 118 Å². The Morgan fingerprint density at radius 2 is 0.422 bits per heavy atom. The van der Waals surface area contributed by atoms with Gasteiger partial charge in [0, 0.05) is 39.6 Å². The molecule has 3 fully saturated rings. The third kappa shape index (κ3) is 73.7. The molecule has 0 atom stereocenters. The summed E-state index contributed by atoms with van der Waals surface area (Å²) >= 11 is 0. The molecule has 3 heterocycles. The quantitative estimate of drug-likeness (QED) is 0.332. The summed E-state index contributed by atoms with van der Waals surface area (Å²) in [5.41, 5.74) is 0. The predicted molar refractivity (Wildman–Crippen MR) is 210 cm³/mol. The Kier molecular flexibility index (Phi) is 41.4. The monoisotopic (exact) mass is 890 g/mol. The molecule has 3 aliphatic heterocycles. The molecule has 3 rings (SSSR count). The zero-order valence-electron chi connectivity index (χ0n) is 33.8. The van der Waals surface area contributed by atoms with Crippen molar-refractivity contribution in [2.45, 2.75) is 156 Å². The Morgan fingerprint density at radius 3 is 0.444 bits per heavy atom. The van der Waals surface area contributed by atoms with Gasteiger partial charge in [-0.15, -0.1) is 0 Å². The zero-order valence-corrected chi connectivity index (χ0v) is 43.2. The summed E-state index contributed by atoms with van der Waals surface area (Å²) in [5.74, 6) is 0. The van der Waals surface area contributed by atoms with Gasteiger partial charge in [0.15, 0.2) is 0 Å². The molecule has 3 saturated heterocycles. The number of ether oxygens (including phenoxy) is 3. The van der Waals surface area contributed by atoms with Gasteiger partial charge in [0.25, 0.3) is 0 Å². The third-order valence-corrected chi connectivity index (χ3v) is 20.6. The van der Waals surface area contributed by atoms with E-state index in [0.29, 0.717) is 0 Å². The second-order valence-corrected chi connectivity index (χ2v) is 46.1. The summed E-state index contributed by atoms with van der Waals surface area (Å²) in [5, 5.41) is 0. The molecule has 0 bridgehead atoms. The van der Waals surface area contributed by atoms with E-state index in [1.165, 1.54) is 38.5 Å². The molecule has 0 spiro atoms. The van der Waals surface area contributed by atoms with Gasteiger partial charge in [-0.3, -0.25) is 0 Å². The van der Waals surface area contributed by atoms with Crippen molar-refractivity contribution in [1.29, 1.82) is 0 Å². The van der Waals surface area contributed by atoms with Crippen LogP contribution in [0.15, 0.2) is 0 Å². The molecule has 0 unspecified atom stereocenters. The van der Waals surface area contributed by atoms with Crippen molar-refractivity contribution in [2.24, 2.45) is 0 Å². The summed E-state index contributed by atoms with van der Waals surface area (Å²) in [7, 11) is -6.64. The number of rotatable bonds is 6. The van der Waals surface area contributed by atoms with Crippen molar-refractivity contribution in [1.82, 2.24) is 0 Å². The molecule has 0 N–H and O–H groups in total. The van der Waals surface area contributed by atoms with Gasteiger partial charge >= 0.3 is 59.2 Å². The van der Waals surface area contributed by atoms with Crippen LogP contribution >= 0.6 is 0 Å². The van der Waals surface area contributed by atoms with E-state index in [-0.39, 0.29) is 71.7 Å². The average Bonchev–Trinajstić information content (AvgIpc) is 3.49. The summed E-state index contributed by atoms with van der Waals surface area (Å²) in [4.78, 5) is 0. The Balaban J connectivity index is -0.000000102. The predicted octanol–water partition coefficient (Wildman–Crippen LogP) is 5.49. The van der Waals surface area contributed by atoms with Gasteiger partial charge in [0.2, 0.25) is 0 Å². The largest absolute Gasteiger partial charge is 3.00 e. The molecule has 1 radical (unpaired) electrons. The molecule has 0 aromatic rings. The van der Waals surface area contributed by atoms with Crippen molar-refractivity contribution in [3.05, 3.63) is 13.9 Å². The maximum Gasteiger partial charge on any atom is 3.00 e.